The van der Waals surface area contributed by atoms with Crippen molar-refractivity contribution in [2.24, 2.45) is 0 Å². The summed E-state index contributed by atoms with van der Waals surface area (Å²) in [6, 6.07) is 38.9. The topological polar surface area (TPSA) is 27.1 Å². The van der Waals surface area contributed by atoms with Gasteiger partial charge < -0.3 is 4.74 Å². The summed E-state index contributed by atoms with van der Waals surface area (Å²) in [6.45, 7) is 0.323. The Morgan fingerprint density at radius 2 is 1.33 bits per heavy atom. The van der Waals surface area contributed by atoms with Crippen molar-refractivity contribution < 1.29 is 17.9 Å². The Morgan fingerprint density at radius 1 is 0.667 bits per heavy atom. The number of para-hydroxylation sites is 1. The number of ether oxygens (including phenoxy) is 1. The van der Waals surface area contributed by atoms with Crippen LogP contribution < -0.4 is 4.74 Å². The van der Waals surface area contributed by atoms with E-state index in [1.54, 1.807) is 10.7 Å². The zero-order chi connectivity index (χ0) is 26.8. The number of aromatic nitrogens is 2. The molecule has 0 aliphatic rings. The van der Waals surface area contributed by atoms with E-state index in [0.717, 1.165) is 22.8 Å². The van der Waals surface area contributed by atoms with Crippen molar-refractivity contribution in [3.05, 3.63) is 139 Å². The molecule has 0 spiro atoms. The Bertz CT molecular complexity index is 1740. The van der Waals surface area contributed by atoms with Crippen LogP contribution in [0.1, 0.15) is 11.1 Å². The van der Waals surface area contributed by atoms with Gasteiger partial charge in [0.1, 0.15) is 17.0 Å². The average Bonchev–Trinajstić information content (AvgIpc) is 3.32. The van der Waals surface area contributed by atoms with Gasteiger partial charge in [0.15, 0.2) is 0 Å². The highest BCUT2D eigenvalue weighted by atomic mass is 19.4. The van der Waals surface area contributed by atoms with E-state index in [1.165, 1.54) is 6.07 Å². The molecule has 0 bridgehead atoms. The lowest BCUT2D eigenvalue weighted by molar-refractivity contribution is -0.136. The third-order valence-electron chi connectivity index (χ3n) is 6.56. The Morgan fingerprint density at radius 3 is 2.10 bits per heavy atom. The number of nitrogens with zero attached hydrogens (tertiary/aromatic N) is 2. The summed E-state index contributed by atoms with van der Waals surface area (Å²) in [6.07, 6.45) is -4.52. The van der Waals surface area contributed by atoms with Crippen LogP contribution in [0.5, 0.6) is 11.5 Å². The summed E-state index contributed by atoms with van der Waals surface area (Å²) in [7, 11) is 0. The second kappa shape index (κ2) is 10.1. The molecule has 0 atom stereocenters. The van der Waals surface area contributed by atoms with Gasteiger partial charge >= 0.3 is 6.18 Å². The fraction of sp³-hybridized carbons (Fsp3) is 0.0606. The van der Waals surface area contributed by atoms with Gasteiger partial charge in [0, 0.05) is 16.5 Å². The molecular formula is C33H23F3N2O. The minimum Gasteiger partial charge on any atom is -0.457 e. The molecule has 6 heteroatoms. The van der Waals surface area contributed by atoms with Crippen LogP contribution in [0, 0.1) is 0 Å². The minimum absolute atomic E-state index is 0.0725. The molecule has 0 saturated heterocycles. The number of fused-ring (bicyclic) bond motifs is 1. The lowest BCUT2D eigenvalue weighted by Gasteiger charge is -2.13. The Labute approximate surface area is 223 Å². The fourth-order valence-corrected chi connectivity index (χ4v) is 4.80. The van der Waals surface area contributed by atoms with Gasteiger partial charge in [-0.05, 0) is 35.4 Å². The summed E-state index contributed by atoms with van der Waals surface area (Å²) in [5.74, 6) is 1.26. The number of hydrogen-bond donors (Lipinski definition) is 0. The fourth-order valence-electron chi connectivity index (χ4n) is 4.80. The first-order valence-corrected chi connectivity index (χ1v) is 12.5. The van der Waals surface area contributed by atoms with Gasteiger partial charge in [-0.1, -0.05) is 103 Å². The third-order valence-corrected chi connectivity index (χ3v) is 6.56. The highest BCUT2D eigenvalue weighted by molar-refractivity contribution is 5.95. The van der Waals surface area contributed by atoms with Crippen LogP contribution in [0.15, 0.2) is 127 Å². The van der Waals surface area contributed by atoms with Gasteiger partial charge in [0.25, 0.3) is 0 Å². The van der Waals surface area contributed by atoms with E-state index in [4.69, 9.17) is 4.74 Å². The number of halogens is 3. The van der Waals surface area contributed by atoms with Crippen LogP contribution in [0.3, 0.4) is 0 Å². The molecule has 0 saturated carbocycles. The first kappa shape index (κ1) is 24.5. The molecule has 0 fully saturated rings. The Balaban J connectivity index is 1.46. The molecule has 39 heavy (non-hydrogen) atoms. The molecule has 0 radical (unpaired) electrons. The molecular weight excluding hydrogens is 497 g/mol. The molecule has 0 unspecified atom stereocenters. The molecule has 6 rings (SSSR count). The summed E-state index contributed by atoms with van der Waals surface area (Å²) in [4.78, 5) is 0. The monoisotopic (exact) mass is 520 g/mol. The highest BCUT2D eigenvalue weighted by Crippen LogP contribution is 2.40. The van der Waals surface area contributed by atoms with E-state index in [2.05, 4.69) is 5.10 Å². The second-order valence-electron chi connectivity index (χ2n) is 9.18. The van der Waals surface area contributed by atoms with Crippen LogP contribution >= 0.6 is 0 Å². The van der Waals surface area contributed by atoms with Gasteiger partial charge in [-0.2, -0.15) is 18.3 Å². The first-order valence-electron chi connectivity index (χ1n) is 12.5. The zero-order valence-corrected chi connectivity index (χ0v) is 20.8. The molecule has 3 nitrogen and oxygen atoms in total. The molecule has 0 N–H and O–H groups in total. The lowest BCUT2D eigenvalue weighted by atomic mass is 10.0. The molecule has 1 heterocycles. The smallest absolute Gasteiger partial charge is 0.418 e. The largest absolute Gasteiger partial charge is 0.457 e. The maximum atomic E-state index is 13.9. The van der Waals surface area contributed by atoms with Crippen LogP contribution in [-0.4, -0.2) is 9.78 Å². The van der Waals surface area contributed by atoms with E-state index in [0.29, 0.717) is 34.7 Å². The van der Waals surface area contributed by atoms with Crippen LogP contribution in [0.2, 0.25) is 0 Å². The van der Waals surface area contributed by atoms with Crippen molar-refractivity contribution >= 4 is 10.9 Å². The summed E-state index contributed by atoms with van der Waals surface area (Å²) < 4.78 is 49.7. The van der Waals surface area contributed by atoms with Crippen molar-refractivity contribution in [3.8, 4) is 33.9 Å². The van der Waals surface area contributed by atoms with Gasteiger partial charge in [-0.15, -0.1) is 0 Å². The molecule has 0 aliphatic carbocycles. The number of hydrogen-bond acceptors (Lipinski definition) is 2. The maximum absolute atomic E-state index is 13.9. The predicted octanol–water partition coefficient (Wildman–Crippen LogP) is 9.23. The highest BCUT2D eigenvalue weighted by Gasteiger charge is 2.34. The van der Waals surface area contributed by atoms with Crippen LogP contribution in [-0.2, 0) is 12.7 Å². The summed E-state index contributed by atoms with van der Waals surface area (Å²) in [5, 5.41) is 4.91. The first-order chi connectivity index (χ1) is 19.0. The van der Waals surface area contributed by atoms with Crippen molar-refractivity contribution in [1.82, 2.24) is 9.78 Å². The SMILES string of the molecule is FC(F)(F)c1cccc2c(-c3cccc(Oc4ccccc4-c4ccccc4)c3)n(Cc3ccccc3)nc12. The van der Waals surface area contributed by atoms with Gasteiger partial charge in [-0.25, -0.2) is 0 Å². The molecule has 6 aromatic rings. The molecule has 1 aromatic heterocycles. The van der Waals surface area contributed by atoms with Crippen molar-refractivity contribution in [1.29, 1.82) is 0 Å². The average molecular weight is 521 g/mol. The second-order valence-corrected chi connectivity index (χ2v) is 9.18. The summed E-state index contributed by atoms with van der Waals surface area (Å²) in [5.41, 5.74) is 3.39. The molecule has 5 aromatic carbocycles. The Hall–Kier alpha value is -4.84. The summed E-state index contributed by atoms with van der Waals surface area (Å²) >= 11 is 0. The molecule has 0 amide bonds. The van der Waals surface area contributed by atoms with Crippen molar-refractivity contribution in [3.63, 3.8) is 0 Å². The minimum atomic E-state index is -4.52. The quantitative estimate of drug-likeness (QED) is 0.219. The van der Waals surface area contributed by atoms with Crippen LogP contribution in [0.4, 0.5) is 13.2 Å². The van der Waals surface area contributed by atoms with E-state index in [-0.39, 0.29) is 5.52 Å². The van der Waals surface area contributed by atoms with Crippen molar-refractivity contribution in [2.75, 3.05) is 0 Å². The van der Waals surface area contributed by atoms with Crippen LogP contribution in [0.25, 0.3) is 33.3 Å². The van der Waals surface area contributed by atoms with E-state index < -0.39 is 11.7 Å². The van der Waals surface area contributed by atoms with Crippen molar-refractivity contribution in [2.45, 2.75) is 12.7 Å². The van der Waals surface area contributed by atoms with Gasteiger partial charge in [-0.3, -0.25) is 4.68 Å². The van der Waals surface area contributed by atoms with Gasteiger partial charge in [0.05, 0.1) is 17.8 Å². The molecule has 192 valence electrons. The van der Waals surface area contributed by atoms with E-state index >= 15 is 0 Å². The van der Waals surface area contributed by atoms with E-state index in [1.807, 2.05) is 109 Å². The van der Waals surface area contributed by atoms with Gasteiger partial charge in [0.2, 0.25) is 0 Å². The normalized spacial score (nSPS) is 11.6. The number of alkyl halides is 3. The standard InChI is InChI=1S/C33H23F3N2O/c34-33(35,36)29-19-10-18-28-31(29)37-38(22-23-11-3-1-4-12-23)32(28)25-15-9-16-26(21-25)39-30-20-8-7-17-27(30)24-13-5-2-6-14-24/h1-21H,22H2. The zero-order valence-electron chi connectivity index (χ0n) is 20.8. The molecule has 0 aliphatic heterocycles. The maximum Gasteiger partial charge on any atom is 0.418 e. The van der Waals surface area contributed by atoms with E-state index in [9.17, 15) is 13.2 Å². The predicted molar refractivity (Wildman–Crippen MR) is 148 cm³/mol. The lowest BCUT2D eigenvalue weighted by Crippen LogP contribution is -2.06. The Kier molecular flexibility index (Phi) is 6.37. The third kappa shape index (κ3) is 5.01. The number of rotatable bonds is 6. The number of benzene rings is 5.